The number of carboxylic acids is 1. The molecule has 0 spiro atoms. The highest BCUT2D eigenvalue weighted by molar-refractivity contribution is 7.80. The van der Waals surface area contributed by atoms with E-state index in [0.717, 1.165) is 0 Å². The molecule has 0 aromatic rings. The van der Waals surface area contributed by atoms with E-state index in [2.05, 4.69) is 17.0 Å². The summed E-state index contributed by atoms with van der Waals surface area (Å²) in [5.41, 5.74) is 0. The Morgan fingerprint density at radius 2 is 2.33 bits per heavy atom. The zero-order chi connectivity index (χ0) is 7.28. The molecule has 0 fully saturated rings. The van der Waals surface area contributed by atoms with E-state index in [4.69, 9.17) is 5.11 Å². The highest BCUT2D eigenvalue weighted by atomic mass is 32.1. The fraction of sp³-hybridized carbons (Fsp3) is 0.600. The average Bonchev–Trinajstić information content (AvgIpc) is 1.83. The van der Waals surface area contributed by atoms with E-state index in [0.29, 0.717) is 11.5 Å². The summed E-state index contributed by atoms with van der Waals surface area (Å²) in [7, 11) is 0. The summed E-state index contributed by atoms with van der Waals surface area (Å²) in [4.78, 5) is 9.84. The van der Waals surface area contributed by atoms with Gasteiger partial charge in [-0.05, 0) is 12.2 Å². The second-order valence-electron chi connectivity index (χ2n) is 1.41. The van der Waals surface area contributed by atoms with Gasteiger partial charge in [0.05, 0.1) is 0 Å². The average molecular weight is 148 g/mol. The van der Waals surface area contributed by atoms with Crippen molar-refractivity contribution in [2.24, 2.45) is 0 Å². The van der Waals surface area contributed by atoms with Gasteiger partial charge in [0.25, 0.3) is 0 Å². The molecule has 0 unspecified atom stereocenters. The van der Waals surface area contributed by atoms with Crippen LogP contribution in [-0.4, -0.2) is 22.7 Å². The Labute approximate surface area is 58.6 Å². The van der Waals surface area contributed by atoms with Crippen molar-refractivity contribution in [3.63, 3.8) is 0 Å². The molecule has 0 atom stereocenters. The third kappa shape index (κ3) is 5.23. The molecular formula is C5H8O3S. The Hall–Kier alpha value is -0.640. The molecule has 0 aliphatic rings. The number of rotatable bonds is 3. The van der Waals surface area contributed by atoms with Crippen LogP contribution in [0.4, 0.5) is 0 Å². The zero-order valence-corrected chi connectivity index (χ0v) is 5.90. The minimum Gasteiger partial charge on any atom is -0.479 e. The van der Waals surface area contributed by atoms with Gasteiger partial charge in [-0.1, -0.05) is 6.92 Å². The quantitative estimate of drug-likeness (QED) is 0.602. The molecule has 52 valence electrons. The van der Waals surface area contributed by atoms with E-state index >= 15 is 0 Å². The van der Waals surface area contributed by atoms with E-state index in [1.165, 1.54) is 0 Å². The molecule has 0 bridgehead atoms. The molecule has 3 nitrogen and oxygen atoms in total. The lowest BCUT2D eigenvalue weighted by Gasteiger charge is -1.99. The first-order valence-electron chi connectivity index (χ1n) is 2.54. The Morgan fingerprint density at radius 1 is 1.78 bits per heavy atom. The molecule has 0 aliphatic carbocycles. The summed E-state index contributed by atoms with van der Waals surface area (Å²) >= 11 is 4.59. The Bertz CT molecular complexity index is 121. The molecule has 0 saturated heterocycles. The van der Waals surface area contributed by atoms with Crippen molar-refractivity contribution in [2.45, 2.75) is 13.3 Å². The highest BCUT2D eigenvalue weighted by Crippen LogP contribution is 1.86. The van der Waals surface area contributed by atoms with Crippen LogP contribution in [0, 0.1) is 0 Å². The summed E-state index contributed by atoms with van der Waals surface area (Å²) in [6.45, 7) is 1.48. The van der Waals surface area contributed by atoms with E-state index in [-0.39, 0.29) is 6.61 Å². The number of carbonyl (C=O) groups is 1. The SMILES string of the molecule is CCC(=S)OCC(=O)O. The molecule has 0 saturated carbocycles. The number of hydrogen-bond donors (Lipinski definition) is 1. The molecule has 0 heterocycles. The third-order valence-corrected chi connectivity index (χ3v) is 1.05. The molecule has 1 N–H and O–H groups in total. The Balaban J connectivity index is 3.28. The standard InChI is InChI=1S/C5H8O3S/c1-2-5(9)8-3-4(6)7/h2-3H2,1H3,(H,6,7). The first kappa shape index (κ1) is 8.36. The summed E-state index contributed by atoms with van der Waals surface area (Å²) in [6, 6.07) is 0. The molecule has 0 aliphatic heterocycles. The number of hydrogen-bond acceptors (Lipinski definition) is 3. The van der Waals surface area contributed by atoms with Gasteiger partial charge in [0.1, 0.15) is 0 Å². The van der Waals surface area contributed by atoms with Crippen LogP contribution in [0.15, 0.2) is 0 Å². The van der Waals surface area contributed by atoms with Crippen LogP contribution in [0.3, 0.4) is 0 Å². The lowest BCUT2D eigenvalue weighted by Crippen LogP contribution is -2.10. The van der Waals surface area contributed by atoms with E-state index < -0.39 is 5.97 Å². The summed E-state index contributed by atoms with van der Waals surface area (Å²) in [5, 5.41) is 8.42. The van der Waals surface area contributed by atoms with E-state index in [1.54, 1.807) is 0 Å². The normalized spacial score (nSPS) is 8.56. The summed E-state index contributed by atoms with van der Waals surface area (Å²) in [5.74, 6) is -0.995. The minimum absolute atomic E-state index is 0.327. The van der Waals surface area contributed by atoms with Crippen LogP contribution < -0.4 is 0 Å². The fourth-order valence-electron chi connectivity index (χ4n) is 0.244. The Morgan fingerprint density at radius 3 is 2.67 bits per heavy atom. The predicted octanol–water partition coefficient (Wildman–Crippen LogP) is 0.825. The minimum atomic E-state index is -0.995. The van der Waals surface area contributed by atoms with E-state index in [1.807, 2.05) is 6.92 Å². The summed E-state index contributed by atoms with van der Waals surface area (Å²) < 4.78 is 4.58. The van der Waals surface area contributed by atoms with Crippen LogP contribution in [0.5, 0.6) is 0 Å². The van der Waals surface area contributed by atoms with Crippen molar-refractivity contribution in [1.82, 2.24) is 0 Å². The largest absolute Gasteiger partial charge is 0.479 e. The van der Waals surface area contributed by atoms with Crippen LogP contribution in [-0.2, 0) is 9.53 Å². The summed E-state index contributed by atoms with van der Waals surface area (Å²) in [6.07, 6.45) is 0.586. The monoisotopic (exact) mass is 148 g/mol. The van der Waals surface area contributed by atoms with Crippen LogP contribution in [0.25, 0.3) is 0 Å². The van der Waals surface area contributed by atoms with Gasteiger partial charge >= 0.3 is 5.97 Å². The van der Waals surface area contributed by atoms with Crippen molar-refractivity contribution in [3.8, 4) is 0 Å². The highest BCUT2D eigenvalue weighted by Gasteiger charge is 1.97. The lowest BCUT2D eigenvalue weighted by molar-refractivity contribution is -0.139. The predicted molar refractivity (Wildman–Crippen MR) is 36.5 cm³/mol. The zero-order valence-electron chi connectivity index (χ0n) is 5.09. The van der Waals surface area contributed by atoms with Gasteiger partial charge < -0.3 is 9.84 Å². The number of aliphatic carboxylic acids is 1. The van der Waals surface area contributed by atoms with Gasteiger partial charge in [-0.25, -0.2) is 4.79 Å². The van der Waals surface area contributed by atoms with Crippen LogP contribution in [0.1, 0.15) is 13.3 Å². The van der Waals surface area contributed by atoms with Crippen LogP contribution >= 0.6 is 12.2 Å². The van der Waals surface area contributed by atoms with Crippen molar-refractivity contribution < 1.29 is 14.6 Å². The molecule has 0 aromatic heterocycles. The van der Waals surface area contributed by atoms with Crippen molar-refractivity contribution >= 4 is 23.2 Å². The topological polar surface area (TPSA) is 46.5 Å². The lowest BCUT2D eigenvalue weighted by atomic mass is 10.5. The molecule has 0 aromatic carbocycles. The Kier molecular flexibility index (Phi) is 3.96. The van der Waals surface area contributed by atoms with Gasteiger partial charge in [-0.2, -0.15) is 0 Å². The molecule has 9 heavy (non-hydrogen) atoms. The smallest absolute Gasteiger partial charge is 0.341 e. The third-order valence-electron chi connectivity index (χ3n) is 0.645. The first-order chi connectivity index (χ1) is 4.16. The maximum atomic E-state index is 9.84. The molecule has 4 heteroatoms. The van der Waals surface area contributed by atoms with Crippen molar-refractivity contribution in [3.05, 3.63) is 0 Å². The second-order valence-corrected chi connectivity index (χ2v) is 1.86. The molecule has 0 amide bonds. The molecule has 0 radical (unpaired) electrons. The van der Waals surface area contributed by atoms with Gasteiger partial charge in [-0.15, -0.1) is 0 Å². The number of ether oxygens (including phenoxy) is 1. The number of thiocarbonyl (C=S) groups is 1. The van der Waals surface area contributed by atoms with Gasteiger partial charge in [0.2, 0.25) is 0 Å². The number of carboxylic acid groups (broad SMARTS) is 1. The first-order valence-corrected chi connectivity index (χ1v) is 2.95. The van der Waals surface area contributed by atoms with E-state index in [9.17, 15) is 4.79 Å². The maximum Gasteiger partial charge on any atom is 0.341 e. The second kappa shape index (κ2) is 4.26. The fourth-order valence-corrected chi connectivity index (χ4v) is 0.303. The van der Waals surface area contributed by atoms with Crippen LogP contribution in [0.2, 0.25) is 0 Å². The van der Waals surface area contributed by atoms with Gasteiger partial charge in [0, 0.05) is 6.42 Å². The molecular weight excluding hydrogens is 140 g/mol. The maximum absolute atomic E-state index is 9.84. The molecule has 0 rings (SSSR count). The van der Waals surface area contributed by atoms with Crippen molar-refractivity contribution in [2.75, 3.05) is 6.61 Å². The van der Waals surface area contributed by atoms with Gasteiger partial charge in [-0.3, -0.25) is 0 Å². The van der Waals surface area contributed by atoms with Gasteiger partial charge in [0.15, 0.2) is 11.7 Å². The van der Waals surface area contributed by atoms with Crippen molar-refractivity contribution in [1.29, 1.82) is 0 Å².